The van der Waals surface area contributed by atoms with E-state index in [0.717, 1.165) is 17.4 Å². The summed E-state index contributed by atoms with van der Waals surface area (Å²) in [6.45, 7) is 4.49. The van der Waals surface area contributed by atoms with Crippen molar-refractivity contribution in [1.29, 1.82) is 0 Å². The molecule has 0 aliphatic heterocycles. The Balaban J connectivity index is 2.17. The van der Waals surface area contributed by atoms with E-state index in [4.69, 9.17) is 4.42 Å². The lowest BCUT2D eigenvalue weighted by Crippen LogP contribution is -2.17. The summed E-state index contributed by atoms with van der Waals surface area (Å²) >= 11 is 3.36. The molecule has 96 valence electrons. The van der Waals surface area contributed by atoms with Gasteiger partial charge in [-0.15, -0.1) is 5.10 Å². The van der Waals surface area contributed by atoms with Crippen LogP contribution in [0.4, 0.5) is 6.01 Å². The Morgan fingerprint density at radius 3 is 2.94 bits per heavy atom. The molecule has 2 rings (SSSR count). The fraction of sp³-hybridized carbons (Fsp3) is 0.364. The quantitative estimate of drug-likeness (QED) is 0.941. The van der Waals surface area contributed by atoms with E-state index < -0.39 is 0 Å². The molecule has 0 aromatic carbocycles. The lowest BCUT2D eigenvalue weighted by atomic mass is 10.4. The van der Waals surface area contributed by atoms with Crippen LogP contribution in [0.25, 0.3) is 0 Å². The molecule has 1 amide bonds. The van der Waals surface area contributed by atoms with Gasteiger partial charge in [0.25, 0.3) is 5.91 Å². The summed E-state index contributed by atoms with van der Waals surface area (Å²) in [5.74, 6) is 0.147. The van der Waals surface area contributed by atoms with Gasteiger partial charge in [-0.2, -0.15) is 0 Å². The van der Waals surface area contributed by atoms with Crippen molar-refractivity contribution in [2.45, 2.75) is 26.8 Å². The molecule has 0 aliphatic rings. The number of nitrogens with zero attached hydrogens (tertiary/aromatic N) is 3. The van der Waals surface area contributed by atoms with Crippen LogP contribution in [0.15, 0.2) is 21.2 Å². The lowest BCUT2D eigenvalue weighted by molar-refractivity contribution is 0.101. The average molecular weight is 313 g/mol. The molecule has 0 saturated carbocycles. The number of rotatable bonds is 4. The van der Waals surface area contributed by atoms with Gasteiger partial charge in [-0.3, -0.25) is 10.1 Å². The van der Waals surface area contributed by atoms with E-state index in [-0.39, 0.29) is 11.9 Å². The Kier molecular flexibility index (Phi) is 3.81. The van der Waals surface area contributed by atoms with Gasteiger partial charge in [0.15, 0.2) is 0 Å². The fourth-order valence-electron chi connectivity index (χ4n) is 1.60. The standard InChI is InChI=1S/C11H13BrN4O2/c1-3-4-16-6-8(12)5-9(16)10(17)13-11-15-14-7(2)18-11/h5-6H,3-4H2,1-2H3,(H,13,15,17). The van der Waals surface area contributed by atoms with Gasteiger partial charge >= 0.3 is 6.01 Å². The number of carbonyl (C=O) groups is 1. The van der Waals surface area contributed by atoms with E-state index in [9.17, 15) is 4.79 Å². The first-order valence-corrected chi connectivity index (χ1v) is 6.36. The molecule has 2 aromatic heterocycles. The van der Waals surface area contributed by atoms with Crippen LogP contribution in [0.1, 0.15) is 29.7 Å². The molecule has 1 N–H and O–H groups in total. The smallest absolute Gasteiger partial charge is 0.322 e. The highest BCUT2D eigenvalue weighted by atomic mass is 79.9. The SMILES string of the molecule is CCCn1cc(Br)cc1C(=O)Nc1nnc(C)o1. The van der Waals surface area contributed by atoms with Gasteiger partial charge in [0.2, 0.25) is 5.89 Å². The molecule has 0 aliphatic carbocycles. The summed E-state index contributed by atoms with van der Waals surface area (Å²) in [5, 5.41) is 9.94. The Labute approximate surface area is 113 Å². The van der Waals surface area contributed by atoms with Crippen LogP contribution in [0, 0.1) is 6.92 Å². The molecule has 0 fully saturated rings. The highest BCUT2D eigenvalue weighted by molar-refractivity contribution is 9.10. The van der Waals surface area contributed by atoms with Crippen molar-refractivity contribution in [2.24, 2.45) is 0 Å². The number of halogens is 1. The molecule has 0 bridgehead atoms. The first-order chi connectivity index (χ1) is 8.60. The molecule has 7 heteroatoms. The van der Waals surface area contributed by atoms with Gasteiger partial charge in [-0.25, -0.2) is 0 Å². The number of anilines is 1. The topological polar surface area (TPSA) is 73.0 Å². The molecular weight excluding hydrogens is 300 g/mol. The molecule has 2 heterocycles. The third-order valence-electron chi connectivity index (χ3n) is 2.31. The van der Waals surface area contributed by atoms with Crippen molar-refractivity contribution < 1.29 is 9.21 Å². The van der Waals surface area contributed by atoms with Crippen LogP contribution in [-0.4, -0.2) is 20.7 Å². The minimum Gasteiger partial charge on any atom is -0.408 e. The van der Waals surface area contributed by atoms with Crippen LogP contribution in [0.3, 0.4) is 0 Å². The predicted octanol–water partition coefficient (Wildman–Crippen LogP) is 2.60. The van der Waals surface area contributed by atoms with Crippen LogP contribution >= 0.6 is 15.9 Å². The first-order valence-electron chi connectivity index (χ1n) is 5.57. The summed E-state index contributed by atoms with van der Waals surface area (Å²) in [6, 6.07) is 1.87. The molecular formula is C11H13BrN4O2. The predicted molar refractivity (Wildman–Crippen MR) is 69.4 cm³/mol. The zero-order valence-corrected chi connectivity index (χ0v) is 11.7. The van der Waals surface area contributed by atoms with Crippen molar-refractivity contribution in [1.82, 2.24) is 14.8 Å². The van der Waals surface area contributed by atoms with Gasteiger partial charge in [0, 0.05) is 24.1 Å². The highest BCUT2D eigenvalue weighted by Crippen LogP contribution is 2.17. The van der Waals surface area contributed by atoms with Crippen molar-refractivity contribution in [3.8, 4) is 0 Å². The largest absolute Gasteiger partial charge is 0.408 e. The number of carbonyl (C=O) groups excluding carboxylic acids is 1. The molecule has 18 heavy (non-hydrogen) atoms. The second-order valence-corrected chi connectivity index (χ2v) is 4.73. The minimum atomic E-state index is -0.266. The van der Waals surface area contributed by atoms with Gasteiger partial charge in [0.1, 0.15) is 5.69 Å². The van der Waals surface area contributed by atoms with E-state index in [1.54, 1.807) is 13.0 Å². The second kappa shape index (κ2) is 5.34. The normalized spacial score (nSPS) is 10.6. The lowest BCUT2D eigenvalue weighted by Gasteiger charge is -2.05. The Hall–Kier alpha value is -1.63. The molecule has 0 atom stereocenters. The third kappa shape index (κ3) is 2.79. The van der Waals surface area contributed by atoms with Gasteiger partial charge in [0.05, 0.1) is 0 Å². The summed E-state index contributed by atoms with van der Waals surface area (Å²) < 4.78 is 7.85. The van der Waals surface area contributed by atoms with E-state index >= 15 is 0 Å². The maximum absolute atomic E-state index is 12.1. The van der Waals surface area contributed by atoms with E-state index in [2.05, 4.69) is 38.4 Å². The second-order valence-electron chi connectivity index (χ2n) is 3.82. The van der Waals surface area contributed by atoms with Crippen LogP contribution < -0.4 is 5.32 Å². The van der Waals surface area contributed by atoms with Crippen molar-refractivity contribution in [2.75, 3.05) is 5.32 Å². The van der Waals surface area contributed by atoms with Crippen molar-refractivity contribution >= 4 is 27.9 Å². The number of amides is 1. The van der Waals surface area contributed by atoms with Crippen LogP contribution in [0.2, 0.25) is 0 Å². The molecule has 0 saturated heterocycles. The zero-order valence-electron chi connectivity index (χ0n) is 10.1. The van der Waals surface area contributed by atoms with E-state index in [1.807, 2.05) is 10.8 Å². The Bertz CT molecular complexity index is 561. The number of aryl methyl sites for hydroxylation is 2. The maximum atomic E-state index is 12.1. The maximum Gasteiger partial charge on any atom is 0.322 e. The van der Waals surface area contributed by atoms with Gasteiger partial charge in [-0.05, 0) is 28.4 Å². The molecule has 0 radical (unpaired) electrons. The van der Waals surface area contributed by atoms with Gasteiger partial charge < -0.3 is 8.98 Å². The van der Waals surface area contributed by atoms with Gasteiger partial charge in [-0.1, -0.05) is 12.0 Å². The monoisotopic (exact) mass is 312 g/mol. The number of hydrogen-bond acceptors (Lipinski definition) is 4. The van der Waals surface area contributed by atoms with E-state index in [1.165, 1.54) is 0 Å². The molecule has 0 unspecified atom stereocenters. The number of aromatic nitrogens is 3. The summed E-state index contributed by atoms with van der Waals surface area (Å²) in [6.07, 6.45) is 2.82. The summed E-state index contributed by atoms with van der Waals surface area (Å²) in [7, 11) is 0. The molecule has 0 spiro atoms. The summed E-state index contributed by atoms with van der Waals surface area (Å²) in [4.78, 5) is 12.1. The third-order valence-corrected chi connectivity index (χ3v) is 2.74. The van der Waals surface area contributed by atoms with Crippen LogP contribution in [-0.2, 0) is 6.54 Å². The van der Waals surface area contributed by atoms with E-state index in [0.29, 0.717) is 11.6 Å². The molecule has 2 aromatic rings. The highest BCUT2D eigenvalue weighted by Gasteiger charge is 2.15. The average Bonchev–Trinajstić information content (AvgIpc) is 2.86. The number of nitrogens with one attached hydrogen (secondary N) is 1. The first kappa shape index (κ1) is 12.8. The van der Waals surface area contributed by atoms with Crippen LogP contribution in [0.5, 0.6) is 0 Å². The molecule has 6 nitrogen and oxygen atoms in total. The summed E-state index contributed by atoms with van der Waals surface area (Å²) in [5.41, 5.74) is 0.555. The fourth-order valence-corrected chi connectivity index (χ4v) is 2.06. The number of hydrogen-bond donors (Lipinski definition) is 1. The Morgan fingerprint density at radius 1 is 1.56 bits per heavy atom. The Morgan fingerprint density at radius 2 is 2.33 bits per heavy atom. The minimum absolute atomic E-state index is 0.109. The van der Waals surface area contributed by atoms with Crippen molar-refractivity contribution in [3.05, 3.63) is 28.3 Å². The van der Waals surface area contributed by atoms with Crippen molar-refractivity contribution in [3.63, 3.8) is 0 Å². The zero-order chi connectivity index (χ0) is 13.1.